The minimum atomic E-state index is 0.666. The van der Waals surface area contributed by atoms with Gasteiger partial charge >= 0.3 is 0 Å². The van der Waals surface area contributed by atoms with Crippen LogP contribution in [0, 0.1) is 11.3 Å². The lowest BCUT2D eigenvalue weighted by atomic mass is 10.0. The Morgan fingerprint density at radius 3 is 2.50 bits per heavy atom. The van der Waals surface area contributed by atoms with Crippen LogP contribution < -0.4 is 0 Å². The van der Waals surface area contributed by atoms with Gasteiger partial charge in [0.25, 0.3) is 0 Å². The fourth-order valence-corrected chi connectivity index (χ4v) is 2.31. The highest BCUT2D eigenvalue weighted by Crippen LogP contribution is 2.23. The summed E-state index contributed by atoms with van der Waals surface area (Å²) in [5, 5.41) is 13.5. The first kappa shape index (κ1) is 14.1. The molecule has 0 aliphatic heterocycles. The second-order valence-electron chi connectivity index (χ2n) is 4.61. The first-order valence-corrected chi connectivity index (χ1v) is 6.98. The molecule has 1 heterocycles. The second-order valence-corrected chi connectivity index (χ2v) is 4.61. The zero-order chi connectivity index (χ0) is 14.5. The molecule has 0 unspecified atom stereocenters. The molecular weight excluding hydrogens is 246 g/mol. The van der Waals surface area contributed by atoms with Crippen LogP contribution in [0.15, 0.2) is 36.5 Å². The summed E-state index contributed by atoms with van der Waals surface area (Å²) in [7, 11) is 0. The van der Waals surface area contributed by atoms with Crippen molar-refractivity contribution in [1.82, 2.24) is 9.78 Å². The zero-order valence-corrected chi connectivity index (χ0v) is 12.2. The summed E-state index contributed by atoms with van der Waals surface area (Å²) in [5.41, 5.74) is 5.31. The molecule has 0 spiro atoms. The fourth-order valence-electron chi connectivity index (χ4n) is 2.31. The summed E-state index contributed by atoms with van der Waals surface area (Å²) in [6.07, 6.45) is 6.15. The van der Waals surface area contributed by atoms with Crippen molar-refractivity contribution in [2.75, 3.05) is 0 Å². The molecule has 102 valence electrons. The SMILES string of the molecule is C/C=C(/CC)c1cn(-c2ccc(C#N)cc2)nc1CC. The normalized spacial score (nSPS) is 11.4. The Balaban J connectivity index is 2.45. The van der Waals surface area contributed by atoms with E-state index in [1.54, 1.807) is 0 Å². The maximum absolute atomic E-state index is 8.84. The predicted molar refractivity (Wildman–Crippen MR) is 81.6 cm³/mol. The molecule has 2 aromatic rings. The molecule has 0 amide bonds. The van der Waals surface area contributed by atoms with Gasteiger partial charge in [-0.3, -0.25) is 0 Å². The number of hydrogen-bond donors (Lipinski definition) is 0. The van der Waals surface area contributed by atoms with E-state index in [0.29, 0.717) is 5.56 Å². The van der Waals surface area contributed by atoms with E-state index >= 15 is 0 Å². The molecule has 2 rings (SSSR count). The van der Waals surface area contributed by atoms with Gasteiger partial charge in [-0.05, 0) is 49.6 Å². The van der Waals surface area contributed by atoms with Crippen molar-refractivity contribution in [3.05, 3.63) is 53.4 Å². The maximum Gasteiger partial charge on any atom is 0.0991 e. The van der Waals surface area contributed by atoms with Gasteiger partial charge in [-0.1, -0.05) is 19.9 Å². The van der Waals surface area contributed by atoms with E-state index in [9.17, 15) is 0 Å². The minimum absolute atomic E-state index is 0.666. The van der Waals surface area contributed by atoms with Crippen LogP contribution >= 0.6 is 0 Å². The number of allylic oxidation sites excluding steroid dienone is 2. The average Bonchev–Trinajstić information content (AvgIpc) is 2.93. The summed E-state index contributed by atoms with van der Waals surface area (Å²) < 4.78 is 1.90. The second kappa shape index (κ2) is 6.21. The number of aromatic nitrogens is 2. The Morgan fingerprint density at radius 2 is 2.00 bits per heavy atom. The van der Waals surface area contributed by atoms with Crippen molar-refractivity contribution in [3.8, 4) is 11.8 Å². The van der Waals surface area contributed by atoms with Crippen LogP contribution in [-0.2, 0) is 6.42 Å². The first-order valence-electron chi connectivity index (χ1n) is 6.98. The molecule has 0 radical (unpaired) electrons. The highest BCUT2D eigenvalue weighted by molar-refractivity contribution is 5.66. The number of hydrogen-bond acceptors (Lipinski definition) is 2. The standard InChI is InChI=1S/C17H19N3/c1-4-14(5-2)16-12-20(19-17(16)6-3)15-9-7-13(11-18)8-10-15/h4,7-10,12H,5-6H2,1-3H3/b14-4-. The van der Waals surface area contributed by atoms with Crippen LogP contribution in [0.5, 0.6) is 0 Å². The Morgan fingerprint density at radius 1 is 1.30 bits per heavy atom. The Labute approximate surface area is 120 Å². The van der Waals surface area contributed by atoms with Crippen LogP contribution in [0.2, 0.25) is 0 Å². The molecule has 0 aliphatic carbocycles. The molecule has 1 aromatic heterocycles. The number of aryl methyl sites for hydroxylation is 1. The van der Waals surface area contributed by atoms with Gasteiger partial charge in [0.05, 0.1) is 23.0 Å². The lowest BCUT2D eigenvalue weighted by Gasteiger charge is -2.02. The lowest BCUT2D eigenvalue weighted by molar-refractivity contribution is 0.841. The molecule has 0 saturated heterocycles. The van der Waals surface area contributed by atoms with Crippen LogP contribution in [0.1, 0.15) is 44.0 Å². The van der Waals surface area contributed by atoms with Crippen molar-refractivity contribution in [3.63, 3.8) is 0 Å². The summed E-state index contributed by atoms with van der Waals surface area (Å²) in [6.45, 7) is 6.35. The van der Waals surface area contributed by atoms with Gasteiger partial charge in [-0.2, -0.15) is 10.4 Å². The topological polar surface area (TPSA) is 41.6 Å². The summed E-state index contributed by atoms with van der Waals surface area (Å²) in [4.78, 5) is 0. The molecule has 0 fully saturated rings. The molecule has 3 heteroatoms. The van der Waals surface area contributed by atoms with Crippen LogP contribution in [0.4, 0.5) is 0 Å². The number of benzene rings is 1. The van der Waals surface area contributed by atoms with Gasteiger partial charge in [-0.15, -0.1) is 0 Å². The van der Waals surface area contributed by atoms with E-state index in [0.717, 1.165) is 24.2 Å². The maximum atomic E-state index is 8.84. The van der Waals surface area contributed by atoms with Crippen molar-refractivity contribution in [2.45, 2.75) is 33.6 Å². The molecule has 0 saturated carbocycles. The summed E-state index contributed by atoms with van der Waals surface area (Å²) in [6, 6.07) is 9.62. The van der Waals surface area contributed by atoms with E-state index in [1.807, 2.05) is 28.9 Å². The summed E-state index contributed by atoms with van der Waals surface area (Å²) in [5.74, 6) is 0. The fraction of sp³-hybridized carbons (Fsp3) is 0.294. The number of rotatable bonds is 4. The van der Waals surface area contributed by atoms with Crippen molar-refractivity contribution >= 4 is 5.57 Å². The Kier molecular flexibility index (Phi) is 4.37. The quantitative estimate of drug-likeness (QED) is 0.834. The van der Waals surface area contributed by atoms with Gasteiger partial charge in [0.2, 0.25) is 0 Å². The van der Waals surface area contributed by atoms with E-state index in [4.69, 9.17) is 5.26 Å². The highest BCUT2D eigenvalue weighted by atomic mass is 15.3. The lowest BCUT2D eigenvalue weighted by Crippen LogP contribution is -1.95. The zero-order valence-electron chi connectivity index (χ0n) is 12.2. The molecular formula is C17H19N3. The van der Waals surface area contributed by atoms with Crippen LogP contribution in [0.25, 0.3) is 11.3 Å². The molecule has 3 nitrogen and oxygen atoms in total. The molecule has 20 heavy (non-hydrogen) atoms. The molecule has 0 aliphatic rings. The Hall–Kier alpha value is -2.34. The van der Waals surface area contributed by atoms with E-state index in [2.05, 4.69) is 44.2 Å². The molecule has 0 atom stereocenters. The van der Waals surface area contributed by atoms with E-state index < -0.39 is 0 Å². The minimum Gasteiger partial charge on any atom is -0.240 e. The molecule has 0 bridgehead atoms. The van der Waals surface area contributed by atoms with Crippen LogP contribution in [0.3, 0.4) is 0 Å². The monoisotopic (exact) mass is 265 g/mol. The summed E-state index contributed by atoms with van der Waals surface area (Å²) >= 11 is 0. The van der Waals surface area contributed by atoms with Crippen LogP contribution in [-0.4, -0.2) is 9.78 Å². The van der Waals surface area contributed by atoms with Crippen molar-refractivity contribution in [2.24, 2.45) is 0 Å². The third-order valence-electron chi connectivity index (χ3n) is 3.46. The van der Waals surface area contributed by atoms with Gasteiger partial charge in [0, 0.05) is 11.8 Å². The Bertz CT molecular complexity index is 655. The van der Waals surface area contributed by atoms with E-state index in [-0.39, 0.29) is 0 Å². The molecule has 0 N–H and O–H groups in total. The van der Waals surface area contributed by atoms with Gasteiger partial charge in [0.1, 0.15) is 0 Å². The average molecular weight is 265 g/mol. The largest absolute Gasteiger partial charge is 0.240 e. The van der Waals surface area contributed by atoms with Crippen molar-refractivity contribution in [1.29, 1.82) is 5.26 Å². The number of nitriles is 1. The predicted octanol–water partition coefficient (Wildman–Crippen LogP) is 4.12. The van der Waals surface area contributed by atoms with Gasteiger partial charge < -0.3 is 0 Å². The highest BCUT2D eigenvalue weighted by Gasteiger charge is 2.11. The third-order valence-corrected chi connectivity index (χ3v) is 3.46. The first-order chi connectivity index (χ1) is 9.73. The van der Waals surface area contributed by atoms with Crippen molar-refractivity contribution < 1.29 is 0 Å². The van der Waals surface area contributed by atoms with Gasteiger partial charge in [-0.25, -0.2) is 4.68 Å². The third kappa shape index (κ3) is 2.65. The van der Waals surface area contributed by atoms with Gasteiger partial charge in [0.15, 0.2) is 0 Å². The number of nitrogens with zero attached hydrogens (tertiary/aromatic N) is 3. The van der Waals surface area contributed by atoms with E-state index in [1.165, 1.54) is 11.1 Å². The smallest absolute Gasteiger partial charge is 0.0991 e. The molecule has 1 aromatic carbocycles.